The molecule has 64 heavy (non-hydrogen) atoms. The van der Waals surface area contributed by atoms with Crippen LogP contribution in [0.4, 0.5) is 0 Å². The fourth-order valence-corrected chi connectivity index (χ4v) is 6.78. The molecule has 3 aromatic heterocycles. The first-order chi connectivity index (χ1) is 30.7. The molecule has 0 spiro atoms. The molecule has 8 bridgehead atoms. The predicted molar refractivity (Wildman–Crippen MR) is 253 cm³/mol. The molecule has 0 saturated heterocycles. The van der Waals surface area contributed by atoms with Crippen molar-refractivity contribution < 1.29 is 57.4 Å². The Labute approximate surface area is 368 Å². The van der Waals surface area contributed by atoms with E-state index in [1.165, 1.54) is 0 Å². The molecule has 16 nitrogen and oxygen atoms in total. The summed E-state index contributed by atoms with van der Waals surface area (Å²) in [5.74, 6) is 0. The maximum absolute atomic E-state index is 8.74. The fraction of sp³-hybridized carbons (Fsp3) is 0. The summed E-state index contributed by atoms with van der Waals surface area (Å²) in [7, 11) is -12.5. The van der Waals surface area contributed by atoms with E-state index in [1.54, 1.807) is 0 Å². The van der Waals surface area contributed by atoms with Crippen molar-refractivity contribution in [1.82, 2.24) is 19.9 Å². The highest BCUT2D eigenvalue weighted by atomic mass is 31.1. The van der Waals surface area contributed by atoms with Gasteiger partial charge in [0.15, 0.2) is 0 Å². The second-order valence-electron chi connectivity index (χ2n) is 13.2. The van der Waals surface area contributed by atoms with E-state index in [4.69, 9.17) is 67.4 Å². The lowest BCUT2D eigenvalue weighted by Gasteiger charge is -2.12. The summed E-state index contributed by atoms with van der Waals surface area (Å²) in [4.78, 5) is 75.2. The third-order valence-corrected chi connectivity index (χ3v) is 8.89. The zero-order valence-corrected chi connectivity index (χ0v) is 37.3. The summed E-state index contributed by atoms with van der Waals surface area (Å²) in [6.45, 7) is 0. The predicted octanol–water partition coefficient (Wildman–Crippen LogP) is 8.52. The van der Waals surface area contributed by atoms with Gasteiger partial charge in [0.25, 0.3) is 0 Å². The zero-order chi connectivity index (χ0) is 46.2. The minimum atomic E-state index is -3.13. The van der Waals surface area contributed by atoms with Crippen LogP contribution in [0.5, 0.6) is 0 Å². The first-order valence-corrected chi connectivity index (χ1v) is 24.0. The number of H-pyrrole nitrogens is 2. The highest BCUT2D eigenvalue weighted by molar-refractivity contribution is 7.31. The van der Waals surface area contributed by atoms with Crippen molar-refractivity contribution in [2.24, 2.45) is 0 Å². The molecule has 7 aromatic rings. The molecule has 0 saturated carbocycles. The van der Waals surface area contributed by atoms with Crippen LogP contribution in [-0.2, 0) is 18.3 Å². The molecule has 4 aromatic carbocycles. The van der Waals surface area contributed by atoms with Gasteiger partial charge in [-0.15, -0.1) is 0 Å². The number of aromatic nitrogens is 4. The monoisotopic (exact) mass is 942 g/mol. The van der Waals surface area contributed by atoms with Gasteiger partial charge < -0.3 is 49.1 Å². The summed E-state index contributed by atoms with van der Waals surface area (Å²) in [6, 6.07) is 53.0. The SMILES string of the molecule is C1=Cc2cc3[nH]c(c(-c4ccccc4)c4nc(cc5ccc(cc1n2)[nH]5)C=C4c1ccccc1)c(-c1ccccc1)c3-c1ccccc1.O=[PH](O)O.O=[PH](O)O.O=[PH](O)O.O=[PH](O)O. The maximum atomic E-state index is 8.74. The Kier molecular flexibility index (Phi) is 18.6. The number of nitrogens with zero attached hydrogens (tertiary/aromatic N) is 2. The normalized spacial score (nSPS) is 11.3. The highest BCUT2D eigenvalue weighted by Gasteiger charge is 2.24. The molecule has 0 fully saturated rings. The van der Waals surface area contributed by atoms with Gasteiger partial charge in [-0.3, -0.25) is 18.3 Å². The van der Waals surface area contributed by atoms with Crippen molar-refractivity contribution in [1.29, 1.82) is 0 Å². The fourth-order valence-electron chi connectivity index (χ4n) is 6.78. The quantitative estimate of drug-likeness (QED) is 0.0741. The number of rotatable bonds is 4. The number of hydrogen-bond acceptors (Lipinski definition) is 6. The van der Waals surface area contributed by atoms with Crippen molar-refractivity contribution in [3.63, 3.8) is 0 Å². The van der Waals surface area contributed by atoms with E-state index in [-0.39, 0.29) is 0 Å². The van der Waals surface area contributed by atoms with Crippen LogP contribution in [0.25, 0.3) is 79.2 Å². The Bertz CT molecular complexity index is 2940. The molecule has 9 rings (SSSR count). The largest absolute Gasteiger partial charge is 0.355 e. The summed E-state index contributed by atoms with van der Waals surface area (Å²) in [5.41, 5.74) is 16.3. The van der Waals surface area contributed by atoms with E-state index in [2.05, 4.69) is 180 Å². The number of aromatic amines is 2. The summed E-state index contributed by atoms with van der Waals surface area (Å²) < 4.78 is 35.0. The van der Waals surface area contributed by atoms with Gasteiger partial charge in [0.05, 0.1) is 28.3 Å². The Morgan fingerprint density at radius 3 is 1.22 bits per heavy atom. The van der Waals surface area contributed by atoms with Crippen LogP contribution in [0.1, 0.15) is 28.3 Å². The van der Waals surface area contributed by atoms with Crippen molar-refractivity contribution in [3.05, 3.63) is 180 Å². The van der Waals surface area contributed by atoms with E-state index in [9.17, 15) is 0 Å². The lowest BCUT2D eigenvalue weighted by molar-refractivity contribution is 0.403. The minimum Gasteiger partial charge on any atom is -0.355 e. The first-order valence-electron chi connectivity index (χ1n) is 18.8. The van der Waals surface area contributed by atoms with E-state index < -0.39 is 33.0 Å². The average molecular weight is 943 g/mol. The third kappa shape index (κ3) is 14.6. The van der Waals surface area contributed by atoms with Crippen molar-refractivity contribution in [2.45, 2.75) is 0 Å². The smallest absolute Gasteiger partial charge is 0.314 e. The topological polar surface area (TPSA) is 287 Å². The van der Waals surface area contributed by atoms with E-state index >= 15 is 0 Å². The van der Waals surface area contributed by atoms with E-state index in [0.29, 0.717) is 0 Å². The van der Waals surface area contributed by atoms with Gasteiger partial charge in [-0.25, -0.2) is 9.97 Å². The van der Waals surface area contributed by atoms with Crippen LogP contribution in [0, 0.1) is 0 Å². The van der Waals surface area contributed by atoms with Gasteiger partial charge in [-0.1, -0.05) is 121 Å². The van der Waals surface area contributed by atoms with Crippen LogP contribution in [-0.4, -0.2) is 59.1 Å². The molecule has 2 aliphatic heterocycles. The minimum absolute atomic E-state index is 0.884. The van der Waals surface area contributed by atoms with Crippen LogP contribution in [0.2, 0.25) is 0 Å². The van der Waals surface area contributed by atoms with Gasteiger partial charge in [-0.05, 0) is 70.8 Å². The van der Waals surface area contributed by atoms with E-state index in [0.717, 1.165) is 89.4 Å². The average Bonchev–Trinajstić information content (AvgIpc) is 4.06. The summed E-state index contributed by atoms with van der Waals surface area (Å²) >= 11 is 0. The van der Waals surface area contributed by atoms with Crippen molar-refractivity contribution in [2.75, 3.05) is 0 Å². The van der Waals surface area contributed by atoms with Crippen LogP contribution >= 0.6 is 33.0 Å². The maximum Gasteiger partial charge on any atom is 0.314 e. The first kappa shape index (κ1) is 49.1. The number of fused-ring (bicyclic) bond motifs is 8. The second-order valence-corrected chi connectivity index (χ2v) is 15.4. The van der Waals surface area contributed by atoms with Crippen LogP contribution in [0.15, 0.2) is 152 Å². The van der Waals surface area contributed by atoms with E-state index in [1.807, 2.05) is 0 Å². The van der Waals surface area contributed by atoms with Crippen molar-refractivity contribution in [3.8, 4) is 33.4 Å². The molecule has 330 valence electrons. The molecule has 0 unspecified atom stereocenters. The molecule has 20 heteroatoms. The molecular formula is C44H42N4O12P4. The molecule has 0 aliphatic carbocycles. The third-order valence-electron chi connectivity index (χ3n) is 8.89. The van der Waals surface area contributed by atoms with Gasteiger partial charge >= 0.3 is 33.0 Å². The van der Waals surface area contributed by atoms with Crippen LogP contribution in [0.3, 0.4) is 0 Å². The van der Waals surface area contributed by atoms with Crippen LogP contribution < -0.4 is 0 Å². The standard InChI is InChI=1S/C44H30N4.4H3O3P/c1-5-13-29(14-6-1)38-27-37-26-35-22-21-33(45-35)25-34-23-24-36(46-34)28-39-40(30-15-7-2-8-16-30)41(31-17-9-3-10-18-31)44(48-39)42(43(38)47-37)32-19-11-4-12-20-32;4*1-4(2)3/h1-28,45,48H;4*4H,(H2,1,2,3). The molecule has 0 amide bonds. The Morgan fingerprint density at radius 1 is 0.391 bits per heavy atom. The molecule has 2 aliphatic rings. The van der Waals surface area contributed by atoms with Crippen molar-refractivity contribution >= 4 is 78.9 Å². The van der Waals surface area contributed by atoms with Gasteiger partial charge in [-0.2, -0.15) is 0 Å². The summed E-state index contributed by atoms with van der Waals surface area (Å²) in [5, 5.41) is 0. The highest BCUT2D eigenvalue weighted by Crippen LogP contribution is 2.45. The second kappa shape index (κ2) is 24.2. The molecular weight excluding hydrogens is 900 g/mol. The number of hydrogen-bond donors (Lipinski definition) is 10. The van der Waals surface area contributed by atoms with Gasteiger partial charge in [0, 0.05) is 38.8 Å². The Morgan fingerprint density at radius 2 is 0.766 bits per heavy atom. The Balaban J connectivity index is 0.000000419. The number of nitrogens with one attached hydrogen (secondary N) is 2. The van der Waals surface area contributed by atoms with Gasteiger partial charge in [0.1, 0.15) is 0 Å². The number of benzene rings is 4. The van der Waals surface area contributed by atoms with Gasteiger partial charge in [0.2, 0.25) is 0 Å². The lowest BCUT2D eigenvalue weighted by atomic mass is 9.91. The molecule has 10 N–H and O–H groups in total. The molecule has 5 heterocycles. The molecule has 0 radical (unpaired) electrons. The lowest BCUT2D eigenvalue weighted by Crippen LogP contribution is -1.92. The molecule has 0 atom stereocenters. The zero-order valence-electron chi connectivity index (χ0n) is 33.3. The summed E-state index contributed by atoms with van der Waals surface area (Å²) in [6.07, 6.45) is 6.35. The Hall–Kier alpha value is -5.92.